The van der Waals surface area contributed by atoms with Crippen LogP contribution in [0.5, 0.6) is 0 Å². The van der Waals surface area contributed by atoms with Crippen LogP contribution in [0, 0.1) is 0 Å². The Morgan fingerprint density at radius 2 is 1.16 bits per heavy atom. The van der Waals surface area contributed by atoms with E-state index < -0.39 is 0 Å². The number of hydrogen-bond donors (Lipinski definition) is 0. The highest BCUT2D eigenvalue weighted by Crippen LogP contribution is 2.53. The summed E-state index contributed by atoms with van der Waals surface area (Å²) < 4.78 is 0. The lowest BCUT2D eigenvalue weighted by Gasteiger charge is -2.26. The molecule has 0 saturated carbocycles. The van der Waals surface area contributed by atoms with Gasteiger partial charge in [-0.2, -0.15) is 0 Å². The maximum Gasteiger partial charge on any atom is 0.0468 e. The van der Waals surface area contributed by atoms with Gasteiger partial charge in [-0.15, -0.1) is 0 Å². The quantitative estimate of drug-likeness (QED) is 0.219. The number of anilines is 3. The summed E-state index contributed by atoms with van der Waals surface area (Å²) in [6.07, 6.45) is 2.28. The second kappa shape index (κ2) is 8.19. The van der Waals surface area contributed by atoms with Gasteiger partial charge in [0.1, 0.15) is 0 Å². The third-order valence-corrected chi connectivity index (χ3v) is 8.24. The smallest absolute Gasteiger partial charge is 0.0468 e. The highest BCUT2D eigenvalue weighted by atomic mass is 15.1. The average molecular weight is 486 g/mol. The van der Waals surface area contributed by atoms with Gasteiger partial charge in [0.15, 0.2) is 0 Å². The van der Waals surface area contributed by atoms with E-state index in [1.54, 1.807) is 0 Å². The van der Waals surface area contributed by atoms with Gasteiger partial charge in [-0.3, -0.25) is 0 Å². The molecule has 0 heterocycles. The van der Waals surface area contributed by atoms with E-state index >= 15 is 0 Å². The molecule has 1 heteroatoms. The molecular weight excluding hydrogens is 458 g/mol. The summed E-state index contributed by atoms with van der Waals surface area (Å²) in [5.74, 6) is 0. The van der Waals surface area contributed by atoms with Gasteiger partial charge in [0, 0.05) is 17.1 Å². The Morgan fingerprint density at radius 1 is 0.474 bits per heavy atom. The van der Waals surface area contributed by atoms with Crippen molar-refractivity contribution in [3.05, 3.63) is 127 Å². The molecule has 180 valence electrons. The zero-order valence-electron chi connectivity index (χ0n) is 21.4. The van der Waals surface area contributed by atoms with Crippen LogP contribution >= 0.6 is 0 Å². The monoisotopic (exact) mass is 485 g/mol. The average Bonchev–Trinajstić information content (AvgIpc) is 3.29. The number of benzene rings is 7. The van der Waals surface area contributed by atoms with E-state index in [9.17, 15) is 0 Å². The van der Waals surface area contributed by atoms with E-state index in [0.29, 0.717) is 0 Å². The molecule has 0 amide bonds. The van der Waals surface area contributed by atoms with Gasteiger partial charge < -0.3 is 4.90 Å². The minimum absolute atomic E-state index is 1.12. The molecule has 0 radical (unpaired) electrons. The minimum Gasteiger partial charge on any atom is -0.310 e. The van der Waals surface area contributed by atoms with Gasteiger partial charge in [-0.25, -0.2) is 0 Å². The van der Waals surface area contributed by atoms with Crippen molar-refractivity contribution in [1.29, 1.82) is 0 Å². The molecule has 38 heavy (non-hydrogen) atoms. The largest absolute Gasteiger partial charge is 0.310 e. The summed E-state index contributed by atoms with van der Waals surface area (Å²) in [5.41, 5.74) is 10.3. The fourth-order valence-corrected chi connectivity index (χ4v) is 6.63. The van der Waals surface area contributed by atoms with Crippen LogP contribution in [0.2, 0.25) is 0 Å². The van der Waals surface area contributed by atoms with Crippen LogP contribution in [-0.4, -0.2) is 0 Å². The third kappa shape index (κ3) is 2.99. The highest BCUT2D eigenvalue weighted by Gasteiger charge is 2.26. The second-order valence-corrected chi connectivity index (χ2v) is 10.4. The highest BCUT2D eigenvalue weighted by molar-refractivity contribution is 6.32. The van der Waals surface area contributed by atoms with E-state index in [4.69, 9.17) is 0 Å². The topological polar surface area (TPSA) is 3.24 Å². The first-order valence-corrected chi connectivity index (χ1v) is 13.6. The standard InChI is InChI=1S/C37H27N/c1-2-9-24-14-15-26-22-34-33-23-29(38(27-10-5-3-6-11-27)28-12-7-4-8-13-28)18-21-31(33)32-20-17-25-16-19-30(24)35(26)36(25)37(32)34/h3-8,10-23H,2,9H2,1H3. The zero-order chi connectivity index (χ0) is 25.2. The van der Waals surface area contributed by atoms with Crippen molar-refractivity contribution in [3.63, 3.8) is 0 Å². The Balaban J connectivity index is 1.40. The van der Waals surface area contributed by atoms with Gasteiger partial charge in [-0.05, 0) is 109 Å². The molecule has 8 rings (SSSR count). The van der Waals surface area contributed by atoms with Crippen molar-refractivity contribution < 1.29 is 0 Å². The van der Waals surface area contributed by atoms with Crippen molar-refractivity contribution in [1.82, 2.24) is 0 Å². The summed E-state index contributed by atoms with van der Waals surface area (Å²) in [4.78, 5) is 2.36. The van der Waals surface area contributed by atoms with Crippen LogP contribution in [0.25, 0.3) is 54.6 Å². The lowest BCUT2D eigenvalue weighted by Crippen LogP contribution is -2.09. The molecule has 0 N–H and O–H groups in total. The lowest BCUT2D eigenvalue weighted by atomic mass is 9.88. The van der Waals surface area contributed by atoms with E-state index in [-0.39, 0.29) is 0 Å². The minimum atomic E-state index is 1.12. The van der Waals surface area contributed by atoms with Crippen LogP contribution < -0.4 is 4.90 Å². The van der Waals surface area contributed by atoms with Crippen molar-refractivity contribution in [2.45, 2.75) is 19.8 Å². The molecule has 1 aliphatic carbocycles. The van der Waals surface area contributed by atoms with Crippen molar-refractivity contribution in [2.24, 2.45) is 0 Å². The molecule has 7 aromatic carbocycles. The molecule has 0 unspecified atom stereocenters. The van der Waals surface area contributed by atoms with Crippen LogP contribution in [0.15, 0.2) is 121 Å². The number of fused-ring (bicyclic) bond motifs is 3. The molecule has 1 aliphatic rings. The Kier molecular flexibility index (Phi) is 4.63. The second-order valence-electron chi connectivity index (χ2n) is 10.4. The summed E-state index contributed by atoms with van der Waals surface area (Å²) >= 11 is 0. The molecule has 7 aromatic rings. The molecule has 0 aromatic heterocycles. The predicted octanol–water partition coefficient (Wildman–Crippen LogP) is 10.7. The Morgan fingerprint density at radius 3 is 1.89 bits per heavy atom. The van der Waals surface area contributed by atoms with Crippen LogP contribution in [0.1, 0.15) is 18.9 Å². The maximum atomic E-state index is 2.44. The molecule has 0 bridgehead atoms. The molecular formula is C37H27N. The summed E-state index contributed by atoms with van der Waals surface area (Å²) in [5, 5.41) is 8.35. The number of hydrogen-bond acceptors (Lipinski definition) is 1. The van der Waals surface area contributed by atoms with Gasteiger partial charge in [0.2, 0.25) is 0 Å². The van der Waals surface area contributed by atoms with Crippen LogP contribution in [-0.2, 0) is 6.42 Å². The summed E-state index contributed by atoms with van der Waals surface area (Å²) in [7, 11) is 0. The van der Waals surface area contributed by atoms with E-state index in [0.717, 1.165) is 24.2 Å². The first-order chi connectivity index (χ1) is 18.8. The number of nitrogens with zero attached hydrogens (tertiary/aromatic N) is 1. The maximum absolute atomic E-state index is 2.44. The van der Waals surface area contributed by atoms with Gasteiger partial charge in [0.25, 0.3) is 0 Å². The number of para-hydroxylation sites is 2. The van der Waals surface area contributed by atoms with E-state index in [2.05, 4.69) is 133 Å². The number of rotatable bonds is 5. The Bertz CT molecular complexity index is 1930. The fraction of sp³-hybridized carbons (Fsp3) is 0.0811. The van der Waals surface area contributed by atoms with Gasteiger partial charge in [-0.1, -0.05) is 92.2 Å². The van der Waals surface area contributed by atoms with Crippen molar-refractivity contribution in [3.8, 4) is 22.3 Å². The van der Waals surface area contributed by atoms with Gasteiger partial charge in [0.05, 0.1) is 0 Å². The molecule has 1 nitrogen and oxygen atoms in total. The predicted molar refractivity (Wildman–Crippen MR) is 163 cm³/mol. The summed E-state index contributed by atoms with van der Waals surface area (Å²) in [6.45, 7) is 2.27. The number of aryl methyl sites for hydroxylation is 1. The van der Waals surface area contributed by atoms with Gasteiger partial charge >= 0.3 is 0 Å². The molecule has 0 saturated heterocycles. The molecule has 0 aliphatic heterocycles. The normalized spacial score (nSPS) is 12.0. The lowest BCUT2D eigenvalue weighted by molar-refractivity contribution is 0.930. The van der Waals surface area contributed by atoms with E-state index in [1.807, 2.05) is 0 Å². The first-order valence-electron chi connectivity index (χ1n) is 13.6. The summed E-state index contributed by atoms with van der Waals surface area (Å²) in [6, 6.07) is 44.8. The molecule has 0 spiro atoms. The van der Waals surface area contributed by atoms with Crippen LogP contribution in [0.4, 0.5) is 17.1 Å². The van der Waals surface area contributed by atoms with Crippen molar-refractivity contribution >= 4 is 49.4 Å². The van der Waals surface area contributed by atoms with Crippen LogP contribution in [0.3, 0.4) is 0 Å². The Labute approximate surface area is 222 Å². The molecule has 0 fully saturated rings. The fourth-order valence-electron chi connectivity index (χ4n) is 6.63. The SMILES string of the molecule is CCCc1ccc2cc3c4c(ccc5ccc1c2c54)-c1ccc(N(c2ccccc2)c2ccccc2)cc1-3. The molecule has 0 atom stereocenters. The Hall–Kier alpha value is -4.62. The zero-order valence-corrected chi connectivity index (χ0v) is 21.4. The van der Waals surface area contributed by atoms with Crippen molar-refractivity contribution in [2.75, 3.05) is 4.90 Å². The van der Waals surface area contributed by atoms with E-state index in [1.165, 1.54) is 65.8 Å². The first kappa shape index (κ1) is 21.5. The third-order valence-electron chi connectivity index (χ3n) is 8.24.